The Kier molecular flexibility index (Phi) is 5.34. The quantitative estimate of drug-likeness (QED) is 0.648. The van der Waals surface area contributed by atoms with Crippen LogP contribution in [0.15, 0.2) is 0 Å². The average Bonchev–Trinajstić information content (AvgIpc) is 2.24. The van der Waals surface area contributed by atoms with Crippen LogP contribution in [0.2, 0.25) is 0 Å². The topological polar surface area (TPSA) is 79.2 Å². The minimum absolute atomic E-state index is 0.0345. The molecule has 0 aromatic carbocycles. The molecule has 1 aliphatic heterocycles. The molecule has 102 valence electrons. The van der Waals surface area contributed by atoms with Crippen LogP contribution in [0.5, 0.6) is 0 Å². The van der Waals surface area contributed by atoms with Crippen LogP contribution in [-0.4, -0.2) is 58.6 Å². The van der Waals surface area contributed by atoms with E-state index in [9.17, 15) is 15.3 Å². The molecule has 1 saturated heterocycles. The molecule has 0 amide bonds. The SMILES string of the molecule is CC(C)OC[C@H]1O[C@@H](C(C)C)[C@H](O)[C@@H](O)[C@@H]1O. The van der Waals surface area contributed by atoms with Gasteiger partial charge in [-0.25, -0.2) is 0 Å². The molecule has 0 spiro atoms. The third-order valence-corrected chi connectivity index (χ3v) is 3.00. The van der Waals surface area contributed by atoms with E-state index in [-0.39, 0.29) is 18.6 Å². The monoisotopic (exact) mass is 248 g/mol. The maximum absolute atomic E-state index is 9.81. The van der Waals surface area contributed by atoms with Crippen LogP contribution >= 0.6 is 0 Å². The van der Waals surface area contributed by atoms with Gasteiger partial charge in [-0.05, 0) is 19.8 Å². The maximum atomic E-state index is 9.81. The predicted octanol–water partition coefficient (Wildman–Crippen LogP) is -0.0825. The first-order valence-corrected chi connectivity index (χ1v) is 6.15. The maximum Gasteiger partial charge on any atom is 0.111 e. The molecule has 0 aliphatic carbocycles. The van der Waals surface area contributed by atoms with E-state index in [1.807, 2.05) is 27.7 Å². The Morgan fingerprint density at radius 3 is 2.06 bits per heavy atom. The lowest BCUT2D eigenvalue weighted by molar-refractivity contribution is -0.243. The molecule has 1 fully saturated rings. The minimum Gasteiger partial charge on any atom is -0.388 e. The molecule has 17 heavy (non-hydrogen) atoms. The van der Waals surface area contributed by atoms with Gasteiger partial charge in [0.05, 0.1) is 18.8 Å². The Morgan fingerprint density at radius 2 is 1.59 bits per heavy atom. The second kappa shape index (κ2) is 6.11. The molecule has 5 nitrogen and oxygen atoms in total. The van der Waals surface area contributed by atoms with Gasteiger partial charge in [-0.2, -0.15) is 0 Å². The van der Waals surface area contributed by atoms with Crippen molar-refractivity contribution < 1.29 is 24.8 Å². The van der Waals surface area contributed by atoms with Gasteiger partial charge in [0, 0.05) is 0 Å². The fraction of sp³-hybridized carbons (Fsp3) is 1.00. The highest BCUT2D eigenvalue weighted by molar-refractivity contribution is 4.93. The first-order chi connectivity index (χ1) is 7.84. The molecule has 0 unspecified atom stereocenters. The molecule has 0 aromatic heterocycles. The molecule has 5 heteroatoms. The van der Waals surface area contributed by atoms with Gasteiger partial charge in [0.2, 0.25) is 0 Å². The number of aliphatic hydroxyl groups excluding tert-OH is 3. The zero-order valence-electron chi connectivity index (χ0n) is 10.9. The zero-order chi connectivity index (χ0) is 13.2. The standard InChI is InChI=1S/C12H24O5/c1-6(2)12-11(15)10(14)9(13)8(17-12)5-16-7(3)4/h6-15H,5H2,1-4H3/t8-,9-,10+,11-,12+/m1/s1. The largest absolute Gasteiger partial charge is 0.388 e. The van der Waals surface area contributed by atoms with Crippen molar-refractivity contribution in [2.45, 2.75) is 64.3 Å². The second-order valence-electron chi connectivity index (χ2n) is 5.24. The molecule has 3 N–H and O–H groups in total. The van der Waals surface area contributed by atoms with E-state index >= 15 is 0 Å². The molecule has 0 saturated carbocycles. The van der Waals surface area contributed by atoms with Gasteiger partial charge in [-0.3, -0.25) is 0 Å². The lowest BCUT2D eigenvalue weighted by Gasteiger charge is -2.42. The molecule has 0 bridgehead atoms. The van der Waals surface area contributed by atoms with Crippen molar-refractivity contribution in [1.82, 2.24) is 0 Å². The molecular weight excluding hydrogens is 224 g/mol. The molecule has 5 atom stereocenters. The Bertz CT molecular complexity index is 231. The third-order valence-electron chi connectivity index (χ3n) is 3.00. The molecule has 0 radical (unpaired) electrons. The average molecular weight is 248 g/mol. The van der Waals surface area contributed by atoms with Crippen molar-refractivity contribution in [3.8, 4) is 0 Å². The van der Waals surface area contributed by atoms with Crippen LogP contribution in [0.3, 0.4) is 0 Å². The van der Waals surface area contributed by atoms with Crippen LogP contribution in [0.25, 0.3) is 0 Å². The van der Waals surface area contributed by atoms with Gasteiger partial charge >= 0.3 is 0 Å². The van der Waals surface area contributed by atoms with E-state index in [0.29, 0.717) is 0 Å². The summed E-state index contributed by atoms with van der Waals surface area (Å²) in [7, 11) is 0. The fourth-order valence-corrected chi connectivity index (χ4v) is 1.96. The molecule has 1 aliphatic rings. The summed E-state index contributed by atoms with van der Waals surface area (Å²) in [4.78, 5) is 0. The van der Waals surface area contributed by atoms with Gasteiger partial charge in [-0.1, -0.05) is 13.8 Å². The van der Waals surface area contributed by atoms with Crippen LogP contribution in [0, 0.1) is 5.92 Å². The van der Waals surface area contributed by atoms with Gasteiger partial charge in [0.1, 0.15) is 24.4 Å². The summed E-state index contributed by atoms with van der Waals surface area (Å²) in [5, 5.41) is 29.4. The van der Waals surface area contributed by atoms with Crippen molar-refractivity contribution in [1.29, 1.82) is 0 Å². The van der Waals surface area contributed by atoms with Crippen LogP contribution in [0.1, 0.15) is 27.7 Å². The highest BCUT2D eigenvalue weighted by Crippen LogP contribution is 2.26. The zero-order valence-corrected chi connectivity index (χ0v) is 10.9. The summed E-state index contributed by atoms with van der Waals surface area (Å²) in [6.45, 7) is 7.80. The third kappa shape index (κ3) is 3.63. The van der Waals surface area contributed by atoms with Crippen LogP contribution < -0.4 is 0 Å². The fourth-order valence-electron chi connectivity index (χ4n) is 1.96. The van der Waals surface area contributed by atoms with E-state index in [2.05, 4.69) is 0 Å². The van der Waals surface area contributed by atoms with Crippen molar-refractivity contribution in [3.05, 3.63) is 0 Å². The second-order valence-corrected chi connectivity index (χ2v) is 5.24. The highest BCUT2D eigenvalue weighted by atomic mass is 16.6. The number of hydrogen-bond acceptors (Lipinski definition) is 5. The Hall–Kier alpha value is -0.200. The summed E-state index contributed by atoms with van der Waals surface area (Å²) in [5.41, 5.74) is 0. The Labute approximate surface area is 102 Å². The lowest BCUT2D eigenvalue weighted by atomic mass is 9.89. The number of aliphatic hydroxyl groups is 3. The summed E-state index contributed by atoms with van der Waals surface area (Å²) >= 11 is 0. The Balaban J connectivity index is 2.64. The molecule has 1 rings (SSSR count). The molecule has 0 aromatic rings. The molecular formula is C12H24O5. The van der Waals surface area contributed by atoms with Crippen LogP contribution in [-0.2, 0) is 9.47 Å². The predicted molar refractivity (Wildman–Crippen MR) is 62.6 cm³/mol. The minimum atomic E-state index is -1.18. The van der Waals surface area contributed by atoms with E-state index in [1.54, 1.807) is 0 Å². The number of rotatable bonds is 4. The highest BCUT2D eigenvalue weighted by Gasteiger charge is 2.44. The summed E-state index contributed by atoms with van der Waals surface area (Å²) < 4.78 is 11.0. The summed E-state index contributed by atoms with van der Waals surface area (Å²) in [6.07, 6.45) is -4.39. The summed E-state index contributed by atoms with van der Waals surface area (Å²) in [5.74, 6) is 0.0636. The smallest absolute Gasteiger partial charge is 0.111 e. The van der Waals surface area contributed by atoms with Crippen LogP contribution in [0.4, 0.5) is 0 Å². The first-order valence-electron chi connectivity index (χ1n) is 6.15. The van der Waals surface area contributed by atoms with Crippen molar-refractivity contribution in [2.24, 2.45) is 5.92 Å². The van der Waals surface area contributed by atoms with E-state index < -0.39 is 30.5 Å². The van der Waals surface area contributed by atoms with Crippen molar-refractivity contribution in [3.63, 3.8) is 0 Å². The Morgan fingerprint density at radius 1 is 1.00 bits per heavy atom. The van der Waals surface area contributed by atoms with E-state index in [4.69, 9.17) is 9.47 Å². The normalized spacial score (nSPS) is 39.0. The van der Waals surface area contributed by atoms with E-state index in [0.717, 1.165) is 0 Å². The first kappa shape index (κ1) is 14.9. The van der Waals surface area contributed by atoms with E-state index in [1.165, 1.54) is 0 Å². The number of hydrogen-bond donors (Lipinski definition) is 3. The van der Waals surface area contributed by atoms with Gasteiger partial charge < -0.3 is 24.8 Å². The lowest BCUT2D eigenvalue weighted by Crippen LogP contribution is -2.60. The number of ether oxygens (including phenoxy) is 2. The van der Waals surface area contributed by atoms with Gasteiger partial charge in [-0.15, -0.1) is 0 Å². The van der Waals surface area contributed by atoms with Crippen molar-refractivity contribution >= 4 is 0 Å². The summed E-state index contributed by atoms with van der Waals surface area (Å²) in [6, 6.07) is 0. The van der Waals surface area contributed by atoms with Crippen molar-refractivity contribution in [2.75, 3.05) is 6.61 Å². The van der Waals surface area contributed by atoms with Gasteiger partial charge in [0.15, 0.2) is 0 Å². The van der Waals surface area contributed by atoms with Gasteiger partial charge in [0.25, 0.3) is 0 Å². The molecule has 1 heterocycles.